The standard InChI is InChI=1S/C11H10FN/c12-11-3-1-9(2-4-11)10-5-7-13-8-6-10/h1-5,13H,6,8H2. The summed E-state index contributed by atoms with van der Waals surface area (Å²) < 4.78 is 12.6. The van der Waals surface area contributed by atoms with Crippen molar-refractivity contribution in [3.05, 3.63) is 48.3 Å². The zero-order valence-electron chi connectivity index (χ0n) is 7.18. The normalized spacial score (nSPS) is 16.8. The zero-order valence-corrected chi connectivity index (χ0v) is 7.18. The summed E-state index contributed by atoms with van der Waals surface area (Å²) in [6, 6.07) is 6.57. The van der Waals surface area contributed by atoms with Crippen molar-refractivity contribution in [2.24, 2.45) is 0 Å². The van der Waals surface area contributed by atoms with Gasteiger partial charge in [-0.1, -0.05) is 18.2 Å². The van der Waals surface area contributed by atoms with Crippen LogP contribution in [0.25, 0.3) is 5.57 Å². The average molecular weight is 175 g/mol. The molecule has 2 radical (unpaired) electrons. The third-order valence-electron chi connectivity index (χ3n) is 2.08. The minimum absolute atomic E-state index is 0.189. The number of benzene rings is 1. The predicted octanol–water partition coefficient (Wildman–Crippen LogP) is 2.24. The Kier molecular flexibility index (Phi) is 2.41. The largest absolute Gasteiger partial charge is 0.304 e. The Balaban J connectivity index is 2.24. The number of rotatable bonds is 1. The van der Waals surface area contributed by atoms with E-state index in [0.717, 1.165) is 18.5 Å². The molecule has 1 aromatic rings. The summed E-state index contributed by atoms with van der Waals surface area (Å²) in [7, 11) is 0. The van der Waals surface area contributed by atoms with Crippen molar-refractivity contribution < 1.29 is 4.39 Å². The molecule has 0 aliphatic carbocycles. The van der Waals surface area contributed by atoms with Gasteiger partial charge < -0.3 is 5.32 Å². The van der Waals surface area contributed by atoms with Crippen molar-refractivity contribution in [2.75, 3.05) is 6.54 Å². The van der Waals surface area contributed by atoms with Gasteiger partial charge in [0.05, 0.1) is 6.54 Å². The summed E-state index contributed by atoms with van der Waals surface area (Å²) in [5.74, 6) is -0.189. The molecule has 66 valence electrons. The summed E-state index contributed by atoms with van der Waals surface area (Å²) >= 11 is 0. The quantitative estimate of drug-likeness (QED) is 0.690. The molecule has 0 fully saturated rings. The lowest BCUT2D eigenvalue weighted by Crippen LogP contribution is -2.15. The maximum Gasteiger partial charge on any atom is 0.123 e. The molecule has 0 saturated carbocycles. The van der Waals surface area contributed by atoms with Crippen LogP contribution in [0.3, 0.4) is 0 Å². The van der Waals surface area contributed by atoms with E-state index in [2.05, 4.69) is 11.9 Å². The second-order valence-electron chi connectivity index (χ2n) is 3.00. The molecule has 1 aliphatic heterocycles. The minimum atomic E-state index is -0.189. The highest BCUT2D eigenvalue weighted by molar-refractivity contribution is 5.67. The van der Waals surface area contributed by atoms with E-state index in [1.54, 1.807) is 12.1 Å². The minimum Gasteiger partial charge on any atom is -0.304 e. The maximum absolute atomic E-state index is 12.6. The molecule has 1 aliphatic rings. The van der Waals surface area contributed by atoms with Crippen molar-refractivity contribution >= 4 is 5.57 Å². The molecule has 1 heterocycles. The molecular formula is C11H10FN. The first-order chi connectivity index (χ1) is 6.36. The fourth-order valence-electron chi connectivity index (χ4n) is 1.37. The molecule has 0 unspecified atom stereocenters. The lowest BCUT2D eigenvalue weighted by atomic mass is 10.0. The van der Waals surface area contributed by atoms with Gasteiger partial charge in [-0.15, -0.1) is 0 Å². The van der Waals surface area contributed by atoms with E-state index >= 15 is 0 Å². The van der Waals surface area contributed by atoms with Gasteiger partial charge in [-0.3, -0.25) is 0 Å². The van der Waals surface area contributed by atoms with E-state index in [4.69, 9.17) is 0 Å². The molecular weight excluding hydrogens is 165 g/mol. The van der Waals surface area contributed by atoms with E-state index < -0.39 is 0 Å². The summed E-state index contributed by atoms with van der Waals surface area (Å²) in [6.45, 7) is 3.85. The van der Waals surface area contributed by atoms with Crippen molar-refractivity contribution in [2.45, 2.75) is 6.42 Å². The van der Waals surface area contributed by atoms with Crippen molar-refractivity contribution in [1.82, 2.24) is 5.32 Å². The van der Waals surface area contributed by atoms with Gasteiger partial charge in [-0.2, -0.15) is 0 Å². The SMILES string of the molecule is Fc1ccc(C2=C[C]NCC2)cc1. The fraction of sp³-hybridized carbons (Fsp3) is 0.182. The van der Waals surface area contributed by atoms with Crippen LogP contribution >= 0.6 is 0 Å². The molecule has 0 atom stereocenters. The summed E-state index contributed by atoms with van der Waals surface area (Å²) in [5.41, 5.74) is 2.29. The highest BCUT2D eigenvalue weighted by atomic mass is 19.1. The fourth-order valence-corrected chi connectivity index (χ4v) is 1.37. The van der Waals surface area contributed by atoms with Crippen LogP contribution in [-0.4, -0.2) is 6.54 Å². The van der Waals surface area contributed by atoms with Gasteiger partial charge in [0.15, 0.2) is 0 Å². The van der Waals surface area contributed by atoms with E-state index in [0.29, 0.717) is 0 Å². The van der Waals surface area contributed by atoms with Gasteiger partial charge in [0.2, 0.25) is 0 Å². The maximum atomic E-state index is 12.6. The van der Waals surface area contributed by atoms with Crippen LogP contribution in [-0.2, 0) is 0 Å². The Hall–Kier alpha value is -1.15. The van der Waals surface area contributed by atoms with E-state index in [-0.39, 0.29) is 5.82 Å². The third kappa shape index (κ3) is 1.95. The second-order valence-corrected chi connectivity index (χ2v) is 3.00. The number of hydrogen-bond acceptors (Lipinski definition) is 1. The van der Waals surface area contributed by atoms with Gasteiger partial charge >= 0.3 is 0 Å². The van der Waals surface area contributed by atoms with Gasteiger partial charge in [-0.05, 0) is 29.7 Å². The second kappa shape index (κ2) is 3.71. The smallest absolute Gasteiger partial charge is 0.123 e. The lowest BCUT2D eigenvalue weighted by molar-refractivity contribution is 0.627. The van der Waals surface area contributed by atoms with E-state index in [1.807, 2.05) is 6.08 Å². The number of hydrogen-bond donors (Lipinski definition) is 1. The molecule has 2 heteroatoms. The monoisotopic (exact) mass is 175 g/mol. The molecule has 2 rings (SSSR count). The Morgan fingerprint density at radius 2 is 2.00 bits per heavy atom. The molecule has 13 heavy (non-hydrogen) atoms. The molecule has 1 N–H and O–H groups in total. The lowest BCUT2D eigenvalue weighted by Gasteiger charge is -2.12. The molecule has 0 amide bonds. The molecule has 0 saturated heterocycles. The van der Waals surface area contributed by atoms with Gasteiger partial charge in [0.25, 0.3) is 0 Å². The van der Waals surface area contributed by atoms with E-state index in [1.165, 1.54) is 17.7 Å². The van der Waals surface area contributed by atoms with Crippen LogP contribution < -0.4 is 5.32 Å². The van der Waals surface area contributed by atoms with Crippen molar-refractivity contribution in [3.8, 4) is 0 Å². The predicted molar refractivity (Wildman–Crippen MR) is 50.2 cm³/mol. The van der Waals surface area contributed by atoms with Gasteiger partial charge in [-0.25, -0.2) is 4.39 Å². The van der Waals surface area contributed by atoms with Crippen LogP contribution in [0.5, 0.6) is 0 Å². The van der Waals surface area contributed by atoms with Crippen LogP contribution in [0.4, 0.5) is 4.39 Å². The van der Waals surface area contributed by atoms with E-state index in [9.17, 15) is 4.39 Å². The highest BCUT2D eigenvalue weighted by Crippen LogP contribution is 2.20. The number of halogens is 1. The molecule has 0 spiro atoms. The summed E-state index contributed by atoms with van der Waals surface area (Å²) in [4.78, 5) is 0. The number of nitrogens with one attached hydrogen (secondary N) is 1. The Bertz CT molecular complexity index is 313. The first-order valence-corrected chi connectivity index (χ1v) is 4.29. The molecule has 1 nitrogen and oxygen atoms in total. The Labute approximate surface area is 77.3 Å². The van der Waals surface area contributed by atoms with Crippen LogP contribution in [0.15, 0.2) is 30.3 Å². The first-order valence-electron chi connectivity index (χ1n) is 4.29. The van der Waals surface area contributed by atoms with Crippen LogP contribution in [0.2, 0.25) is 0 Å². The van der Waals surface area contributed by atoms with Crippen LogP contribution in [0, 0.1) is 12.4 Å². The Morgan fingerprint density at radius 1 is 1.23 bits per heavy atom. The summed E-state index contributed by atoms with van der Waals surface area (Å²) in [6.07, 6.45) is 2.88. The molecule has 1 aromatic carbocycles. The average Bonchev–Trinajstić information content (AvgIpc) is 2.20. The van der Waals surface area contributed by atoms with Gasteiger partial charge in [0, 0.05) is 6.54 Å². The third-order valence-corrected chi connectivity index (χ3v) is 2.08. The first kappa shape index (κ1) is 8.45. The van der Waals surface area contributed by atoms with Crippen molar-refractivity contribution in [3.63, 3.8) is 0 Å². The van der Waals surface area contributed by atoms with Crippen molar-refractivity contribution in [1.29, 1.82) is 0 Å². The highest BCUT2D eigenvalue weighted by Gasteiger charge is 2.05. The van der Waals surface area contributed by atoms with Gasteiger partial charge in [0.1, 0.15) is 5.82 Å². The zero-order chi connectivity index (χ0) is 9.10. The molecule has 0 bridgehead atoms. The summed E-state index contributed by atoms with van der Waals surface area (Å²) in [5, 5.41) is 3.00. The molecule has 0 aromatic heterocycles. The topological polar surface area (TPSA) is 12.0 Å². The Morgan fingerprint density at radius 3 is 2.62 bits per heavy atom. The van der Waals surface area contributed by atoms with Crippen LogP contribution in [0.1, 0.15) is 12.0 Å².